The number of nitrogens with zero attached hydrogens (tertiary/aromatic N) is 1. The van der Waals surface area contributed by atoms with Crippen LogP contribution in [0.2, 0.25) is 5.02 Å². The fourth-order valence-corrected chi connectivity index (χ4v) is 1.43. The molecule has 0 fully saturated rings. The highest BCUT2D eigenvalue weighted by atomic mass is 35.5. The van der Waals surface area contributed by atoms with E-state index in [1.807, 2.05) is 6.20 Å². The van der Waals surface area contributed by atoms with Gasteiger partial charge in [-0.3, -0.25) is 5.10 Å². The maximum absolute atomic E-state index is 5.86. The third-order valence-electron chi connectivity index (χ3n) is 2.05. The number of aromatic amines is 1. The lowest BCUT2D eigenvalue weighted by atomic mass is 10.2. The van der Waals surface area contributed by atoms with E-state index < -0.39 is 0 Å². The average molecular weight is 223 g/mol. The van der Waals surface area contributed by atoms with Crippen molar-refractivity contribution in [3.63, 3.8) is 0 Å². The van der Waals surface area contributed by atoms with Gasteiger partial charge in [0, 0.05) is 23.3 Å². The van der Waals surface area contributed by atoms with Crippen molar-refractivity contribution in [3.8, 4) is 0 Å². The van der Waals surface area contributed by atoms with Gasteiger partial charge in [0.2, 0.25) is 0 Å². The molecule has 0 unspecified atom stereocenters. The van der Waals surface area contributed by atoms with Crippen LogP contribution in [0.25, 0.3) is 0 Å². The second-order valence-electron chi connectivity index (χ2n) is 3.19. The summed E-state index contributed by atoms with van der Waals surface area (Å²) in [5.41, 5.74) is 8.37. The topological polar surface area (TPSA) is 66.7 Å². The number of rotatable bonds is 3. The molecule has 15 heavy (non-hydrogen) atoms. The Balaban J connectivity index is 2.07. The van der Waals surface area contributed by atoms with E-state index in [0.717, 1.165) is 11.3 Å². The average Bonchev–Trinajstić information content (AvgIpc) is 2.72. The van der Waals surface area contributed by atoms with Gasteiger partial charge in [-0.05, 0) is 18.2 Å². The lowest BCUT2D eigenvalue weighted by Gasteiger charge is -2.08. The third kappa shape index (κ3) is 2.41. The lowest BCUT2D eigenvalue weighted by molar-refractivity contribution is 1.09. The predicted molar refractivity (Wildman–Crippen MR) is 61.8 cm³/mol. The molecule has 1 aromatic carbocycles. The van der Waals surface area contributed by atoms with Gasteiger partial charge in [-0.25, -0.2) is 0 Å². The highest BCUT2D eigenvalue weighted by molar-refractivity contribution is 6.31. The Bertz CT molecular complexity index is 439. The monoisotopic (exact) mass is 222 g/mol. The quantitative estimate of drug-likeness (QED) is 0.698. The summed E-state index contributed by atoms with van der Waals surface area (Å²) in [4.78, 5) is 0. The second kappa shape index (κ2) is 4.23. The number of halogens is 1. The van der Waals surface area contributed by atoms with Crippen molar-refractivity contribution in [3.05, 3.63) is 41.2 Å². The van der Waals surface area contributed by atoms with E-state index in [1.54, 1.807) is 24.4 Å². The highest BCUT2D eigenvalue weighted by Crippen LogP contribution is 2.23. The van der Waals surface area contributed by atoms with Crippen molar-refractivity contribution in [2.24, 2.45) is 0 Å². The third-order valence-corrected chi connectivity index (χ3v) is 2.29. The number of aromatic nitrogens is 2. The van der Waals surface area contributed by atoms with E-state index in [9.17, 15) is 0 Å². The molecule has 0 amide bonds. The Morgan fingerprint density at radius 1 is 1.47 bits per heavy atom. The van der Waals surface area contributed by atoms with Crippen molar-refractivity contribution in [1.29, 1.82) is 0 Å². The summed E-state index contributed by atoms with van der Waals surface area (Å²) in [6.07, 6.45) is 3.58. The van der Waals surface area contributed by atoms with Gasteiger partial charge in [0.1, 0.15) is 0 Å². The van der Waals surface area contributed by atoms with Crippen LogP contribution in [0.1, 0.15) is 5.56 Å². The van der Waals surface area contributed by atoms with E-state index in [1.165, 1.54) is 0 Å². The van der Waals surface area contributed by atoms with Crippen LogP contribution in [-0.2, 0) is 6.54 Å². The van der Waals surface area contributed by atoms with Crippen molar-refractivity contribution >= 4 is 23.0 Å². The van der Waals surface area contributed by atoms with E-state index in [0.29, 0.717) is 17.3 Å². The van der Waals surface area contributed by atoms with Crippen molar-refractivity contribution in [1.82, 2.24) is 10.2 Å². The van der Waals surface area contributed by atoms with E-state index in [-0.39, 0.29) is 0 Å². The Labute approximate surface area is 92.4 Å². The van der Waals surface area contributed by atoms with Gasteiger partial charge in [0.15, 0.2) is 0 Å². The first-order chi connectivity index (χ1) is 7.25. The van der Waals surface area contributed by atoms with Gasteiger partial charge in [-0.15, -0.1) is 0 Å². The number of hydrogen-bond donors (Lipinski definition) is 3. The highest BCUT2D eigenvalue weighted by Gasteiger charge is 2.00. The van der Waals surface area contributed by atoms with E-state index in [4.69, 9.17) is 17.3 Å². The zero-order valence-corrected chi connectivity index (χ0v) is 8.75. The SMILES string of the molecule is Nc1ccc(Cl)cc1NCc1cn[nH]c1. The minimum absolute atomic E-state index is 0.666. The van der Waals surface area contributed by atoms with Crippen LogP contribution in [0.5, 0.6) is 0 Å². The second-order valence-corrected chi connectivity index (χ2v) is 3.63. The fourth-order valence-electron chi connectivity index (χ4n) is 1.25. The number of nitrogens with two attached hydrogens (primary N) is 1. The molecule has 0 saturated heterocycles. The molecular formula is C10H11ClN4. The van der Waals surface area contributed by atoms with Gasteiger partial charge in [-0.1, -0.05) is 11.6 Å². The zero-order chi connectivity index (χ0) is 10.7. The van der Waals surface area contributed by atoms with Crippen molar-refractivity contribution < 1.29 is 0 Å². The first kappa shape index (κ1) is 9.86. The summed E-state index contributed by atoms with van der Waals surface area (Å²) in [6.45, 7) is 0.668. The number of hydrogen-bond acceptors (Lipinski definition) is 3. The van der Waals surface area contributed by atoms with Crippen LogP contribution in [0.15, 0.2) is 30.6 Å². The van der Waals surface area contributed by atoms with Gasteiger partial charge < -0.3 is 11.1 Å². The van der Waals surface area contributed by atoms with Crippen LogP contribution in [0.3, 0.4) is 0 Å². The van der Waals surface area contributed by atoms with E-state index >= 15 is 0 Å². The normalized spacial score (nSPS) is 10.2. The summed E-state index contributed by atoms with van der Waals surface area (Å²) < 4.78 is 0. The Morgan fingerprint density at radius 3 is 3.07 bits per heavy atom. The zero-order valence-electron chi connectivity index (χ0n) is 8.00. The molecule has 2 aromatic rings. The summed E-state index contributed by atoms with van der Waals surface area (Å²) in [7, 11) is 0. The summed E-state index contributed by atoms with van der Waals surface area (Å²) in [5.74, 6) is 0. The minimum Gasteiger partial charge on any atom is -0.397 e. The van der Waals surface area contributed by atoms with Crippen LogP contribution in [0, 0.1) is 0 Å². The van der Waals surface area contributed by atoms with Gasteiger partial charge >= 0.3 is 0 Å². The molecule has 0 aliphatic heterocycles. The van der Waals surface area contributed by atoms with Crippen LogP contribution in [-0.4, -0.2) is 10.2 Å². The van der Waals surface area contributed by atoms with Crippen LogP contribution < -0.4 is 11.1 Å². The molecular weight excluding hydrogens is 212 g/mol. The molecule has 2 rings (SSSR count). The Morgan fingerprint density at radius 2 is 2.33 bits per heavy atom. The minimum atomic E-state index is 0.666. The van der Waals surface area contributed by atoms with Gasteiger partial charge in [0.25, 0.3) is 0 Å². The molecule has 78 valence electrons. The molecule has 4 nitrogen and oxygen atoms in total. The summed E-state index contributed by atoms with van der Waals surface area (Å²) >= 11 is 5.86. The largest absolute Gasteiger partial charge is 0.397 e. The molecule has 5 heteroatoms. The number of nitrogen functional groups attached to an aromatic ring is 1. The molecule has 1 heterocycles. The molecule has 0 radical (unpaired) electrons. The molecule has 0 aliphatic carbocycles. The molecule has 0 aliphatic rings. The summed E-state index contributed by atoms with van der Waals surface area (Å²) in [6, 6.07) is 5.34. The van der Waals surface area contributed by atoms with Gasteiger partial charge in [0.05, 0.1) is 17.6 Å². The maximum atomic E-state index is 5.86. The maximum Gasteiger partial charge on any atom is 0.0591 e. The first-order valence-electron chi connectivity index (χ1n) is 4.52. The standard InChI is InChI=1S/C10H11ClN4/c11-8-1-2-9(12)10(3-8)13-4-7-5-14-15-6-7/h1-3,5-6,13H,4,12H2,(H,14,15). The van der Waals surface area contributed by atoms with Crippen LogP contribution in [0.4, 0.5) is 11.4 Å². The number of H-pyrrole nitrogens is 1. The number of benzene rings is 1. The van der Waals surface area contributed by atoms with Crippen molar-refractivity contribution in [2.45, 2.75) is 6.54 Å². The molecule has 4 N–H and O–H groups in total. The lowest BCUT2D eigenvalue weighted by Crippen LogP contribution is -2.01. The molecule has 0 bridgehead atoms. The van der Waals surface area contributed by atoms with E-state index in [2.05, 4.69) is 15.5 Å². The molecule has 0 saturated carbocycles. The van der Waals surface area contributed by atoms with Crippen LogP contribution >= 0.6 is 11.6 Å². The first-order valence-corrected chi connectivity index (χ1v) is 4.90. The molecule has 0 atom stereocenters. The number of nitrogens with one attached hydrogen (secondary N) is 2. The molecule has 0 spiro atoms. The summed E-state index contributed by atoms with van der Waals surface area (Å²) in [5, 5.41) is 10.4. The smallest absolute Gasteiger partial charge is 0.0591 e. The van der Waals surface area contributed by atoms with Gasteiger partial charge in [-0.2, -0.15) is 5.10 Å². The predicted octanol–water partition coefficient (Wildman–Crippen LogP) is 2.26. The number of anilines is 2. The molecule has 1 aromatic heterocycles. The van der Waals surface area contributed by atoms with Crippen molar-refractivity contribution in [2.75, 3.05) is 11.1 Å². The Kier molecular flexibility index (Phi) is 2.78. The fraction of sp³-hybridized carbons (Fsp3) is 0.100. The Hall–Kier alpha value is -1.68.